The van der Waals surface area contributed by atoms with Crippen molar-refractivity contribution in [2.45, 2.75) is 43.4 Å². The molecular formula is C13H18N4O3S. The maximum atomic E-state index is 12.2. The standard InChI is InChI=1S/C13H18N4O3S/c18-13(10-8-11(9-10)17-7-6-14-16-17)15-21(19,20)12-4-2-1-3-5-12/h1-2,6-7,10-12H,3-5,8-9H2,(H,15,18). The minimum absolute atomic E-state index is 0.142. The SMILES string of the molecule is O=C(NS(=O)(=O)C1CC=CCC1)C1CC(n2ccnn2)C1. The highest BCUT2D eigenvalue weighted by Crippen LogP contribution is 2.37. The predicted molar refractivity (Wildman–Crippen MR) is 75.6 cm³/mol. The van der Waals surface area contributed by atoms with Gasteiger partial charge in [-0.15, -0.1) is 5.10 Å². The van der Waals surface area contributed by atoms with Crippen molar-refractivity contribution in [2.24, 2.45) is 5.92 Å². The quantitative estimate of drug-likeness (QED) is 0.830. The van der Waals surface area contributed by atoms with E-state index in [2.05, 4.69) is 15.0 Å². The minimum atomic E-state index is -3.56. The zero-order valence-electron chi connectivity index (χ0n) is 11.6. The fourth-order valence-electron chi connectivity index (χ4n) is 2.78. The summed E-state index contributed by atoms with van der Waals surface area (Å²) in [5.74, 6) is -0.644. The second-order valence-corrected chi connectivity index (χ2v) is 7.58. The Morgan fingerprint density at radius 1 is 1.29 bits per heavy atom. The summed E-state index contributed by atoms with van der Waals surface area (Å²) in [6.07, 6.45) is 10.2. The molecule has 0 radical (unpaired) electrons. The van der Waals surface area contributed by atoms with Gasteiger partial charge in [-0.1, -0.05) is 17.4 Å². The third-order valence-corrected chi connectivity index (χ3v) is 5.99. The van der Waals surface area contributed by atoms with E-state index in [-0.39, 0.29) is 17.9 Å². The first-order valence-corrected chi connectivity index (χ1v) is 8.67. The third-order valence-electron chi connectivity index (χ3n) is 4.20. The van der Waals surface area contributed by atoms with Crippen LogP contribution in [0, 0.1) is 5.92 Å². The summed E-state index contributed by atoms with van der Waals surface area (Å²) in [6, 6.07) is 0.142. The molecule has 8 heteroatoms. The van der Waals surface area contributed by atoms with Crippen molar-refractivity contribution < 1.29 is 13.2 Å². The van der Waals surface area contributed by atoms with Crippen molar-refractivity contribution in [3.8, 4) is 0 Å². The molecule has 1 fully saturated rings. The van der Waals surface area contributed by atoms with Gasteiger partial charge in [0.05, 0.1) is 17.5 Å². The molecule has 0 aromatic carbocycles. The monoisotopic (exact) mass is 310 g/mol. The topological polar surface area (TPSA) is 94.0 Å². The van der Waals surface area contributed by atoms with Crippen LogP contribution in [0.25, 0.3) is 0 Å². The number of carbonyl (C=O) groups is 1. The summed E-state index contributed by atoms with van der Waals surface area (Å²) in [6.45, 7) is 0. The molecule has 114 valence electrons. The van der Waals surface area contributed by atoms with Crippen LogP contribution in [-0.2, 0) is 14.8 Å². The summed E-state index contributed by atoms with van der Waals surface area (Å²) in [4.78, 5) is 12.0. The molecule has 1 aromatic rings. The normalized spacial score (nSPS) is 28.9. The number of hydrogen-bond acceptors (Lipinski definition) is 5. The molecule has 2 aliphatic rings. The molecule has 1 saturated carbocycles. The number of aromatic nitrogens is 3. The van der Waals surface area contributed by atoms with Crippen LogP contribution in [0.5, 0.6) is 0 Å². The highest BCUT2D eigenvalue weighted by molar-refractivity contribution is 7.90. The predicted octanol–water partition coefficient (Wildman–Crippen LogP) is 0.784. The highest BCUT2D eigenvalue weighted by Gasteiger charge is 2.38. The zero-order chi connectivity index (χ0) is 14.9. The van der Waals surface area contributed by atoms with E-state index in [0.29, 0.717) is 25.7 Å². The molecule has 7 nitrogen and oxygen atoms in total. The second-order valence-electron chi connectivity index (χ2n) is 5.62. The van der Waals surface area contributed by atoms with Crippen molar-refractivity contribution in [2.75, 3.05) is 0 Å². The van der Waals surface area contributed by atoms with E-state index < -0.39 is 15.3 Å². The van der Waals surface area contributed by atoms with Gasteiger partial charge in [0, 0.05) is 12.1 Å². The second kappa shape index (κ2) is 5.59. The Balaban J connectivity index is 1.54. The van der Waals surface area contributed by atoms with Gasteiger partial charge in [0.25, 0.3) is 0 Å². The van der Waals surface area contributed by atoms with Crippen molar-refractivity contribution in [1.29, 1.82) is 0 Å². The molecule has 0 saturated heterocycles. The fraction of sp³-hybridized carbons (Fsp3) is 0.615. The molecule has 1 unspecified atom stereocenters. The Bertz CT molecular complexity index is 632. The molecule has 1 aromatic heterocycles. The van der Waals surface area contributed by atoms with Crippen LogP contribution in [0.15, 0.2) is 24.5 Å². The fourth-order valence-corrected chi connectivity index (χ4v) is 4.21. The maximum absolute atomic E-state index is 12.2. The van der Waals surface area contributed by atoms with Crippen LogP contribution < -0.4 is 4.72 Å². The largest absolute Gasteiger partial charge is 0.274 e. The van der Waals surface area contributed by atoms with Crippen LogP contribution in [-0.4, -0.2) is 34.6 Å². The van der Waals surface area contributed by atoms with E-state index >= 15 is 0 Å². The van der Waals surface area contributed by atoms with Crippen molar-refractivity contribution >= 4 is 15.9 Å². The van der Waals surface area contributed by atoms with Gasteiger partial charge < -0.3 is 0 Å². The first-order chi connectivity index (χ1) is 10.1. The minimum Gasteiger partial charge on any atom is -0.274 e. The van der Waals surface area contributed by atoms with E-state index in [9.17, 15) is 13.2 Å². The number of amides is 1. The molecule has 2 aliphatic carbocycles. The third kappa shape index (κ3) is 2.99. The van der Waals surface area contributed by atoms with E-state index in [1.807, 2.05) is 12.2 Å². The number of nitrogens with zero attached hydrogens (tertiary/aromatic N) is 3. The van der Waals surface area contributed by atoms with Crippen LogP contribution in [0.3, 0.4) is 0 Å². The molecule has 0 bridgehead atoms. The molecule has 0 spiro atoms. The van der Waals surface area contributed by atoms with E-state index in [0.717, 1.165) is 6.42 Å². The Hall–Kier alpha value is -1.70. The number of carbonyl (C=O) groups excluding carboxylic acids is 1. The Labute approximate surface area is 123 Å². The van der Waals surface area contributed by atoms with Crippen LogP contribution >= 0.6 is 0 Å². The molecule has 1 heterocycles. The average Bonchev–Trinajstić information content (AvgIpc) is 2.91. The lowest BCUT2D eigenvalue weighted by Crippen LogP contribution is -2.45. The lowest BCUT2D eigenvalue weighted by Gasteiger charge is -2.34. The van der Waals surface area contributed by atoms with Crippen molar-refractivity contribution in [3.05, 3.63) is 24.5 Å². The van der Waals surface area contributed by atoms with Crippen LogP contribution in [0.1, 0.15) is 38.1 Å². The average molecular weight is 310 g/mol. The Morgan fingerprint density at radius 2 is 2.10 bits per heavy atom. The first-order valence-electron chi connectivity index (χ1n) is 7.12. The summed E-state index contributed by atoms with van der Waals surface area (Å²) in [7, 11) is -3.56. The lowest BCUT2D eigenvalue weighted by molar-refractivity contribution is -0.127. The lowest BCUT2D eigenvalue weighted by atomic mass is 9.80. The molecule has 1 amide bonds. The Kier molecular flexibility index (Phi) is 3.79. The highest BCUT2D eigenvalue weighted by atomic mass is 32.2. The molecule has 21 heavy (non-hydrogen) atoms. The number of nitrogens with one attached hydrogen (secondary N) is 1. The van der Waals surface area contributed by atoms with Gasteiger partial charge in [0.2, 0.25) is 15.9 Å². The number of hydrogen-bond donors (Lipinski definition) is 1. The van der Waals surface area contributed by atoms with E-state index in [4.69, 9.17) is 0 Å². The van der Waals surface area contributed by atoms with Gasteiger partial charge in [-0.05, 0) is 32.1 Å². The van der Waals surface area contributed by atoms with Gasteiger partial charge in [-0.25, -0.2) is 13.1 Å². The van der Waals surface area contributed by atoms with Crippen LogP contribution in [0.4, 0.5) is 0 Å². The Morgan fingerprint density at radius 3 is 2.71 bits per heavy atom. The van der Waals surface area contributed by atoms with Crippen LogP contribution in [0.2, 0.25) is 0 Å². The van der Waals surface area contributed by atoms with Gasteiger partial charge >= 0.3 is 0 Å². The van der Waals surface area contributed by atoms with Gasteiger partial charge in [0.1, 0.15) is 0 Å². The summed E-state index contributed by atoms with van der Waals surface area (Å²) in [5.41, 5.74) is 0. The maximum Gasteiger partial charge on any atom is 0.238 e. The van der Waals surface area contributed by atoms with E-state index in [1.54, 1.807) is 17.1 Å². The first kappa shape index (κ1) is 14.2. The molecule has 1 atom stereocenters. The molecule has 1 N–H and O–H groups in total. The van der Waals surface area contributed by atoms with Gasteiger partial charge in [-0.3, -0.25) is 9.52 Å². The van der Waals surface area contributed by atoms with Crippen molar-refractivity contribution in [1.82, 2.24) is 19.7 Å². The van der Waals surface area contributed by atoms with Gasteiger partial charge in [-0.2, -0.15) is 0 Å². The van der Waals surface area contributed by atoms with E-state index in [1.165, 1.54) is 0 Å². The number of rotatable bonds is 4. The number of sulfonamides is 1. The summed E-state index contributed by atoms with van der Waals surface area (Å²) >= 11 is 0. The summed E-state index contributed by atoms with van der Waals surface area (Å²) < 4.78 is 28.3. The smallest absolute Gasteiger partial charge is 0.238 e. The van der Waals surface area contributed by atoms with Crippen molar-refractivity contribution in [3.63, 3.8) is 0 Å². The number of allylic oxidation sites excluding steroid dienone is 2. The molecule has 3 rings (SSSR count). The zero-order valence-corrected chi connectivity index (χ0v) is 12.4. The summed E-state index contributed by atoms with van der Waals surface area (Å²) in [5, 5.41) is 7.13. The molecular weight excluding hydrogens is 292 g/mol. The molecule has 0 aliphatic heterocycles. The van der Waals surface area contributed by atoms with Gasteiger partial charge in [0.15, 0.2) is 0 Å².